The predicted octanol–water partition coefficient (Wildman–Crippen LogP) is 1.67. The molecule has 1 rings (SSSR count). The first-order valence-corrected chi connectivity index (χ1v) is 3.78. The van der Waals surface area contributed by atoms with Crippen LogP contribution in [-0.4, -0.2) is 17.8 Å². The van der Waals surface area contributed by atoms with Gasteiger partial charge in [-0.15, -0.1) is 6.58 Å². The molecule has 0 aromatic heterocycles. The molecule has 0 aliphatic carbocycles. The van der Waals surface area contributed by atoms with Crippen LogP contribution >= 0.6 is 9.39 Å². The van der Waals surface area contributed by atoms with E-state index in [1.54, 1.807) is 0 Å². The van der Waals surface area contributed by atoms with Crippen molar-refractivity contribution in [2.75, 3.05) is 13.1 Å². The summed E-state index contributed by atoms with van der Waals surface area (Å²) in [5, 5.41) is 0. The maximum absolute atomic E-state index is 3.73. The van der Waals surface area contributed by atoms with Crippen LogP contribution in [0.2, 0.25) is 0 Å². The zero-order valence-electron chi connectivity index (χ0n) is 5.93. The Morgan fingerprint density at radius 1 is 1.78 bits per heavy atom. The summed E-state index contributed by atoms with van der Waals surface area (Å²) < 4.78 is 2.25. The fraction of sp³-hybridized carbons (Fsp3) is 0.714. The Morgan fingerprint density at radius 3 is 2.67 bits per heavy atom. The first kappa shape index (κ1) is 7.24. The van der Waals surface area contributed by atoms with E-state index in [4.69, 9.17) is 0 Å². The van der Waals surface area contributed by atoms with Crippen molar-refractivity contribution in [2.24, 2.45) is 5.41 Å². The molecule has 1 atom stereocenters. The molecule has 0 aromatic rings. The summed E-state index contributed by atoms with van der Waals surface area (Å²) in [4.78, 5) is 0. The van der Waals surface area contributed by atoms with E-state index in [9.17, 15) is 0 Å². The molecular weight excluding hydrogens is 129 g/mol. The molecule has 1 aliphatic rings. The Balaban J connectivity index is 2.31. The second-order valence-corrected chi connectivity index (χ2v) is 3.94. The van der Waals surface area contributed by atoms with Crippen molar-refractivity contribution >= 4 is 9.39 Å². The molecule has 0 amide bonds. The molecule has 0 bridgehead atoms. The van der Waals surface area contributed by atoms with Gasteiger partial charge in [0, 0.05) is 13.1 Å². The van der Waals surface area contributed by atoms with Crippen molar-refractivity contribution < 1.29 is 0 Å². The maximum atomic E-state index is 3.73. The third-order valence-electron chi connectivity index (χ3n) is 1.81. The quantitative estimate of drug-likeness (QED) is 0.420. The van der Waals surface area contributed by atoms with E-state index in [-0.39, 0.29) is 0 Å². The molecule has 0 N–H and O–H groups in total. The van der Waals surface area contributed by atoms with Crippen molar-refractivity contribution in [3.63, 3.8) is 0 Å². The summed E-state index contributed by atoms with van der Waals surface area (Å²) in [5.41, 5.74) is 0.531. The van der Waals surface area contributed by atoms with Gasteiger partial charge in [-0.25, -0.2) is 0 Å². The Labute approximate surface area is 59.4 Å². The van der Waals surface area contributed by atoms with E-state index in [0.717, 1.165) is 6.42 Å². The summed E-state index contributed by atoms with van der Waals surface area (Å²) in [6.45, 7) is 8.42. The normalized spacial score (nSPS) is 25.1. The summed E-state index contributed by atoms with van der Waals surface area (Å²) in [6, 6.07) is 0. The van der Waals surface area contributed by atoms with Crippen LogP contribution in [-0.2, 0) is 0 Å². The van der Waals surface area contributed by atoms with Crippen molar-refractivity contribution in [1.82, 2.24) is 4.67 Å². The lowest BCUT2D eigenvalue weighted by molar-refractivity contribution is 0.104. The van der Waals surface area contributed by atoms with Crippen LogP contribution in [0.15, 0.2) is 12.7 Å². The van der Waals surface area contributed by atoms with Crippen LogP contribution in [0.4, 0.5) is 0 Å². The van der Waals surface area contributed by atoms with Crippen LogP contribution in [0.25, 0.3) is 0 Å². The van der Waals surface area contributed by atoms with Crippen LogP contribution in [0.3, 0.4) is 0 Å². The van der Waals surface area contributed by atoms with Gasteiger partial charge in [0.05, 0.1) is 0 Å². The summed E-state index contributed by atoms with van der Waals surface area (Å²) in [7, 11) is 2.71. The largest absolute Gasteiger partial charge is 0.286 e. The monoisotopic (exact) mass is 143 g/mol. The molecule has 0 saturated carbocycles. The highest BCUT2D eigenvalue weighted by Crippen LogP contribution is 2.35. The van der Waals surface area contributed by atoms with Gasteiger partial charge in [0.2, 0.25) is 0 Å². The van der Waals surface area contributed by atoms with Crippen molar-refractivity contribution in [3.05, 3.63) is 12.7 Å². The van der Waals surface area contributed by atoms with Gasteiger partial charge in [0.25, 0.3) is 0 Å². The van der Waals surface area contributed by atoms with Crippen LogP contribution in [0.5, 0.6) is 0 Å². The summed E-state index contributed by atoms with van der Waals surface area (Å²) in [6.07, 6.45) is 3.16. The molecule has 0 aromatic carbocycles. The number of allylic oxidation sites excluding steroid dienone is 1. The lowest BCUT2D eigenvalue weighted by Gasteiger charge is -2.45. The van der Waals surface area contributed by atoms with E-state index in [1.807, 2.05) is 6.08 Å². The number of hydrogen-bond donors (Lipinski definition) is 0. The maximum Gasteiger partial charge on any atom is 0.00858 e. The minimum Gasteiger partial charge on any atom is -0.286 e. The van der Waals surface area contributed by atoms with Crippen molar-refractivity contribution in [2.45, 2.75) is 13.3 Å². The molecule has 1 unspecified atom stereocenters. The zero-order chi connectivity index (χ0) is 6.91. The van der Waals surface area contributed by atoms with Crippen LogP contribution < -0.4 is 0 Å². The third kappa shape index (κ3) is 1.53. The molecule has 9 heavy (non-hydrogen) atoms. The predicted molar refractivity (Wildman–Crippen MR) is 44.2 cm³/mol. The average molecular weight is 143 g/mol. The van der Waals surface area contributed by atoms with Gasteiger partial charge >= 0.3 is 0 Å². The van der Waals surface area contributed by atoms with Crippen LogP contribution in [0, 0.1) is 5.41 Å². The van der Waals surface area contributed by atoms with Gasteiger partial charge in [-0.1, -0.05) is 22.4 Å². The molecule has 1 fully saturated rings. The highest BCUT2D eigenvalue weighted by atomic mass is 31.0. The highest BCUT2D eigenvalue weighted by molar-refractivity contribution is 7.13. The molecule has 1 saturated heterocycles. The number of nitrogens with zero attached hydrogens (tertiary/aromatic N) is 1. The summed E-state index contributed by atoms with van der Waals surface area (Å²) in [5.74, 6) is 0. The second-order valence-electron chi connectivity index (χ2n) is 3.21. The Bertz CT molecular complexity index is 116. The Morgan fingerprint density at radius 2 is 2.33 bits per heavy atom. The molecule has 2 heteroatoms. The number of rotatable bonds is 2. The van der Waals surface area contributed by atoms with Gasteiger partial charge in [0.1, 0.15) is 0 Å². The molecule has 1 aliphatic heterocycles. The lowest BCUT2D eigenvalue weighted by atomic mass is 9.81. The van der Waals surface area contributed by atoms with E-state index in [2.05, 4.69) is 27.6 Å². The molecule has 0 radical (unpaired) electrons. The Hall–Kier alpha value is 0.130. The van der Waals surface area contributed by atoms with Crippen molar-refractivity contribution in [3.8, 4) is 0 Å². The molecular formula is C7H14NP. The van der Waals surface area contributed by atoms with Gasteiger partial charge in [-0.2, -0.15) is 0 Å². The minimum absolute atomic E-state index is 0.531. The zero-order valence-corrected chi connectivity index (χ0v) is 7.09. The topological polar surface area (TPSA) is 3.24 Å². The standard InChI is InChI=1S/C7H14NP/c1-3-4-7(2)5-8(9)6-7/h3H,1,4-6,9H2,2H3. The lowest BCUT2D eigenvalue weighted by Crippen LogP contribution is -2.48. The van der Waals surface area contributed by atoms with Gasteiger partial charge in [-0.3, -0.25) is 4.67 Å². The number of hydrogen-bond acceptors (Lipinski definition) is 1. The molecule has 1 heterocycles. The summed E-state index contributed by atoms with van der Waals surface area (Å²) >= 11 is 0. The van der Waals surface area contributed by atoms with Crippen LogP contribution in [0.1, 0.15) is 13.3 Å². The van der Waals surface area contributed by atoms with Crippen molar-refractivity contribution in [1.29, 1.82) is 0 Å². The van der Waals surface area contributed by atoms with Gasteiger partial charge in [0.15, 0.2) is 0 Å². The van der Waals surface area contributed by atoms with Gasteiger partial charge in [-0.05, 0) is 11.8 Å². The first-order chi connectivity index (χ1) is 4.16. The second kappa shape index (κ2) is 2.40. The molecule has 0 spiro atoms. The Kier molecular flexibility index (Phi) is 1.93. The highest BCUT2D eigenvalue weighted by Gasteiger charge is 2.34. The molecule has 52 valence electrons. The van der Waals surface area contributed by atoms with E-state index >= 15 is 0 Å². The van der Waals surface area contributed by atoms with Gasteiger partial charge < -0.3 is 0 Å². The fourth-order valence-corrected chi connectivity index (χ4v) is 2.29. The SMILES string of the molecule is C=CCC1(C)CN(P)C1. The minimum atomic E-state index is 0.531. The average Bonchev–Trinajstić information content (AvgIpc) is 1.62. The van der Waals surface area contributed by atoms with E-state index < -0.39 is 0 Å². The smallest absolute Gasteiger partial charge is 0.00858 e. The van der Waals surface area contributed by atoms with E-state index in [1.165, 1.54) is 13.1 Å². The first-order valence-electron chi connectivity index (χ1n) is 3.27. The third-order valence-corrected chi connectivity index (χ3v) is 2.17. The van der Waals surface area contributed by atoms with E-state index in [0.29, 0.717) is 5.41 Å². The molecule has 1 nitrogen and oxygen atoms in total. The fourth-order valence-electron chi connectivity index (χ4n) is 1.41.